The normalized spacial score (nSPS) is 12.7. The van der Waals surface area contributed by atoms with Crippen LogP contribution in [0.25, 0.3) is 31.7 Å². The number of nitrogens with one attached hydrogen (secondary N) is 1. The number of amides is 1. The number of ether oxygens (including phenoxy) is 4. The molecule has 5 rings (SSSR count). The van der Waals surface area contributed by atoms with Crippen molar-refractivity contribution in [3.8, 4) is 28.0 Å². The summed E-state index contributed by atoms with van der Waals surface area (Å²) in [5.74, 6) is 0.455. The van der Waals surface area contributed by atoms with Gasteiger partial charge in [0.25, 0.3) is 0 Å². The van der Waals surface area contributed by atoms with Crippen LogP contribution in [0.4, 0.5) is 14.9 Å². The van der Waals surface area contributed by atoms with E-state index < -0.39 is 24.1 Å². The van der Waals surface area contributed by atoms with Crippen molar-refractivity contribution in [3.63, 3.8) is 0 Å². The number of nitrogens with zero attached hydrogens (tertiary/aromatic N) is 3. The van der Waals surface area contributed by atoms with Crippen LogP contribution < -0.4 is 19.5 Å². The molecule has 2 atom stereocenters. The summed E-state index contributed by atoms with van der Waals surface area (Å²) in [6.45, 7) is 3.34. The van der Waals surface area contributed by atoms with Crippen LogP contribution >= 0.6 is 22.9 Å². The number of thiazole rings is 1. The van der Waals surface area contributed by atoms with E-state index >= 15 is 4.39 Å². The number of benzene rings is 2. The zero-order valence-corrected chi connectivity index (χ0v) is 23.5. The van der Waals surface area contributed by atoms with Crippen molar-refractivity contribution in [2.75, 3.05) is 19.5 Å². The van der Waals surface area contributed by atoms with Crippen LogP contribution in [0.3, 0.4) is 0 Å². The molecular formula is C28H24ClFN4O5S. The maximum absolute atomic E-state index is 15.0. The number of carbonyl (C=O) groups is 1. The number of hydrogen-bond donors (Lipinski definition) is 1. The maximum Gasteiger partial charge on any atom is 0.412 e. The number of carbonyl (C=O) groups excluding carboxylic acids is 1. The molecule has 9 nitrogen and oxygen atoms in total. The average molecular weight is 583 g/mol. The first-order valence-corrected chi connectivity index (χ1v) is 13.3. The summed E-state index contributed by atoms with van der Waals surface area (Å²) in [5.41, 5.74) is 2.33. The van der Waals surface area contributed by atoms with Crippen molar-refractivity contribution < 1.29 is 28.1 Å². The zero-order valence-electron chi connectivity index (χ0n) is 21.9. The number of methoxy groups -OCH3 is 2. The van der Waals surface area contributed by atoms with Crippen LogP contribution in [0.1, 0.15) is 13.8 Å². The summed E-state index contributed by atoms with van der Waals surface area (Å²) in [7, 11) is 3.07. The predicted octanol–water partition coefficient (Wildman–Crippen LogP) is 7.12. The van der Waals surface area contributed by atoms with Gasteiger partial charge in [-0.25, -0.2) is 19.2 Å². The lowest BCUT2D eigenvalue weighted by atomic mass is 10.1. The van der Waals surface area contributed by atoms with E-state index in [1.165, 1.54) is 30.7 Å². The van der Waals surface area contributed by atoms with Crippen molar-refractivity contribution in [2.24, 2.45) is 0 Å². The summed E-state index contributed by atoms with van der Waals surface area (Å²) in [6, 6.07) is 11.6. The van der Waals surface area contributed by atoms with Gasteiger partial charge in [0.2, 0.25) is 5.88 Å². The number of hydrogen-bond acceptors (Lipinski definition) is 9. The van der Waals surface area contributed by atoms with Crippen LogP contribution in [0.5, 0.6) is 17.4 Å². The molecule has 0 bridgehead atoms. The molecule has 3 aromatic heterocycles. The van der Waals surface area contributed by atoms with Gasteiger partial charge in [-0.15, -0.1) is 11.3 Å². The van der Waals surface area contributed by atoms with E-state index in [1.807, 2.05) is 6.07 Å². The molecule has 0 spiro atoms. The molecule has 0 aliphatic rings. The highest BCUT2D eigenvalue weighted by Gasteiger charge is 2.22. The van der Waals surface area contributed by atoms with Crippen LogP contribution in [0.2, 0.25) is 5.02 Å². The fraction of sp³-hybridized carbons (Fsp3) is 0.214. The second-order valence-corrected chi connectivity index (χ2v) is 10.3. The molecule has 0 fully saturated rings. The highest BCUT2D eigenvalue weighted by molar-refractivity contribution is 7.21. The number of fused-ring (bicyclic) bond motifs is 2. The van der Waals surface area contributed by atoms with E-state index in [-0.39, 0.29) is 5.75 Å². The van der Waals surface area contributed by atoms with Gasteiger partial charge in [-0.1, -0.05) is 11.6 Å². The molecule has 206 valence electrons. The summed E-state index contributed by atoms with van der Waals surface area (Å²) in [5, 5.41) is 4.53. The van der Waals surface area contributed by atoms with Crippen LogP contribution in [-0.2, 0) is 4.74 Å². The monoisotopic (exact) mass is 582 g/mol. The van der Waals surface area contributed by atoms with Gasteiger partial charge >= 0.3 is 6.09 Å². The van der Waals surface area contributed by atoms with E-state index in [0.717, 1.165) is 10.9 Å². The topological polar surface area (TPSA) is 105 Å². The van der Waals surface area contributed by atoms with Crippen LogP contribution in [0.15, 0.2) is 54.9 Å². The summed E-state index contributed by atoms with van der Waals surface area (Å²) in [4.78, 5) is 25.5. The van der Waals surface area contributed by atoms with Gasteiger partial charge in [0.05, 0.1) is 48.0 Å². The van der Waals surface area contributed by atoms with Gasteiger partial charge in [0.1, 0.15) is 23.0 Å². The Kier molecular flexibility index (Phi) is 7.85. The molecule has 3 heterocycles. The standard InChI is InChI=1S/C28H24ClFN4O5S/c1-14(15(2)39-28(35)33-18-5-6-25(37-4)31-12-18)38-23-11-24-22(10-21(23)30)34-27(40-24)20-9-17(29)7-16-8-19(36-3)13-32-26(16)20/h5-15H,1-4H3,(H,33,35)/t14-,15+/m0/s1. The van der Waals surface area contributed by atoms with Gasteiger partial charge < -0.3 is 18.9 Å². The molecule has 1 N–H and O–H groups in total. The maximum atomic E-state index is 15.0. The van der Waals surface area contributed by atoms with Crippen molar-refractivity contribution >= 4 is 55.8 Å². The Labute approximate surface area is 237 Å². The quantitative estimate of drug-likeness (QED) is 0.206. The fourth-order valence-electron chi connectivity index (χ4n) is 3.89. The van der Waals surface area contributed by atoms with E-state index in [0.29, 0.717) is 43.1 Å². The minimum absolute atomic E-state index is 0.0178. The van der Waals surface area contributed by atoms with Gasteiger partial charge in [-0.3, -0.25) is 10.3 Å². The SMILES string of the molecule is COc1cnc2c(-c3nc4cc(F)c(O[C@@H](C)[C@@H](C)OC(=O)Nc5ccc(OC)nc5)cc4s3)cc(Cl)cc2c1. The molecule has 0 aliphatic heterocycles. The lowest BCUT2D eigenvalue weighted by molar-refractivity contribution is 0.0402. The van der Waals surface area contributed by atoms with Crippen molar-refractivity contribution in [1.82, 2.24) is 15.0 Å². The lowest BCUT2D eigenvalue weighted by Crippen LogP contribution is -2.32. The van der Waals surface area contributed by atoms with E-state index in [9.17, 15) is 4.79 Å². The minimum atomic E-state index is -0.696. The summed E-state index contributed by atoms with van der Waals surface area (Å²) in [6.07, 6.45) is 1.02. The molecule has 1 amide bonds. The third-order valence-electron chi connectivity index (χ3n) is 6.09. The van der Waals surface area contributed by atoms with E-state index in [2.05, 4.69) is 20.3 Å². The second-order valence-electron chi connectivity index (χ2n) is 8.82. The molecule has 12 heteroatoms. The molecule has 5 aromatic rings. The van der Waals surface area contributed by atoms with Gasteiger partial charge in [0.15, 0.2) is 11.6 Å². The number of rotatable bonds is 8. The van der Waals surface area contributed by atoms with Crippen molar-refractivity contribution in [1.29, 1.82) is 0 Å². The Hall–Kier alpha value is -4.22. The fourth-order valence-corrected chi connectivity index (χ4v) is 5.11. The molecule has 0 aliphatic carbocycles. The highest BCUT2D eigenvalue weighted by Crippen LogP contribution is 2.38. The first-order chi connectivity index (χ1) is 19.2. The minimum Gasteiger partial charge on any atom is -0.495 e. The molecule has 40 heavy (non-hydrogen) atoms. The zero-order chi connectivity index (χ0) is 28.4. The average Bonchev–Trinajstić information content (AvgIpc) is 3.35. The van der Waals surface area contributed by atoms with Gasteiger partial charge in [-0.05, 0) is 38.1 Å². The summed E-state index contributed by atoms with van der Waals surface area (Å²) >= 11 is 7.74. The third kappa shape index (κ3) is 5.85. The number of anilines is 1. The van der Waals surface area contributed by atoms with Gasteiger partial charge in [0, 0.05) is 34.2 Å². The summed E-state index contributed by atoms with van der Waals surface area (Å²) < 4.78 is 37.3. The molecule has 0 radical (unpaired) electrons. The molecule has 0 unspecified atom stereocenters. The number of pyridine rings is 2. The first-order valence-electron chi connectivity index (χ1n) is 12.1. The number of aromatic nitrogens is 3. The van der Waals surface area contributed by atoms with Crippen molar-refractivity contribution in [2.45, 2.75) is 26.1 Å². The molecule has 0 saturated heterocycles. The molecular weight excluding hydrogens is 559 g/mol. The smallest absolute Gasteiger partial charge is 0.412 e. The van der Waals surface area contributed by atoms with Crippen LogP contribution in [0, 0.1) is 5.82 Å². The Bertz CT molecular complexity index is 1700. The first kappa shape index (κ1) is 27.4. The Balaban J connectivity index is 1.32. The molecule has 2 aromatic carbocycles. The lowest BCUT2D eigenvalue weighted by Gasteiger charge is -2.22. The predicted molar refractivity (Wildman–Crippen MR) is 152 cm³/mol. The third-order valence-corrected chi connectivity index (χ3v) is 7.36. The van der Waals surface area contributed by atoms with E-state index in [4.69, 9.17) is 30.5 Å². The largest absolute Gasteiger partial charge is 0.495 e. The Morgan fingerprint density at radius 3 is 2.58 bits per heavy atom. The Morgan fingerprint density at radius 1 is 1.02 bits per heavy atom. The molecule has 0 saturated carbocycles. The van der Waals surface area contributed by atoms with Crippen molar-refractivity contribution in [3.05, 3.63) is 65.7 Å². The number of halogens is 2. The Morgan fingerprint density at radius 2 is 1.85 bits per heavy atom. The van der Waals surface area contributed by atoms with Crippen LogP contribution in [-0.4, -0.2) is 47.5 Å². The van der Waals surface area contributed by atoms with E-state index in [1.54, 1.807) is 57.5 Å². The second kappa shape index (κ2) is 11.5. The highest BCUT2D eigenvalue weighted by atomic mass is 35.5. The van der Waals surface area contributed by atoms with Gasteiger partial charge in [-0.2, -0.15) is 0 Å².